The molecule has 6 heteroatoms. The Labute approximate surface area is 131 Å². The monoisotopic (exact) mass is 305 g/mol. The summed E-state index contributed by atoms with van der Waals surface area (Å²) in [5, 5.41) is 3.43. The number of hydrogen-bond donors (Lipinski definition) is 1. The van der Waals surface area contributed by atoms with Gasteiger partial charge in [0.1, 0.15) is 5.75 Å². The smallest absolute Gasteiger partial charge is 0.324 e. The first-order chi connectivity index (χ1) is 10.7. The maximum absolute atomic E-state index is 12.5. The van der Waals surface area contributed by atoms with Crippen molar-refractivity contribution in [3.05, 3.63) is 23.3 Å². The lowest BCUT2D eigenvalue weighted by Crippen LogP contribution is -2.47. The van der Waals surface area contributed by atoms with Crippen LogP contribution in [0.3, 0.4) is 0 Å². The number of amides is 2. The molecule has 0 aliphatic carbocycles. The topological polar surface area (TPSA) is 54.0 Å². The van der Waals surface area contributed by atoms with Gasteiger partial charge in [-0.05, 0) is 29.7 Å². The van der Waals surface area contributed by atoms with Gasteiger partial charge in [-0.2, -0.15) is 0 Å². The van der Waals surface area contributed by atoms with Gasteiger partial charge in [-0.15, -0.1) is 0 Å². The van der Waals surface area contributed by atoms with E-state index in [1.165, 1.54) is 11.1 Å². The van der Waals surface area contributed by atoms with E-state index in [0.717, 1.165) is 37.5 Å². The van der Waals surface area contributed by atoms with E-state index < -0.39 is 0 Å². The number of methoxy groups -OCH3 is 2. The molecular weight excluding hydrogens is 282 g/mol. The third-order valence-corrected chi connectivity index (χ3v) is 4.41. The van der Waals surface area contributed by atoms with E-state index in [1.807, 2.05) is 18.0 Å². The highest BCUT2D eigenvalue weighted by Gasteiger charge is 2.30. The summed E-state index contributed by atoms with van der Waals surface area (Å²) in [6, 6.07) is 4.31. The van der Waals surface area contributed by atoms with Crippen LogP contribution in [-0.4, -0.2) is 51.9 Å². The first kappa shape index (κ1) is 15.1. The van der Waals surface area contributed by atoms with Crippen molar-refractivity contribution in [1.82, 2.24) is 10.2 Å². The molecule has 1 N–H and O–H groups in total. The Morgan fingerprint density at radius 2 is 2.14 bits per heavy atom. The molecule has 2 aliphatic heterocycles. The van der Waals surface area contributed by atoms with Crippen molar-refractivity contribution in [2.45, 2.75) is 19.0 Å². The summed E-state index contributed by atoms with van der Waals surface area (Å²) >= 11 is 0. The summed E-state index contributed by atoms with van der Waals surface area (Å²) in [6.07, 6.45) is 0.961. The number of carbonyl (C=O) groups is 1. The fraction of sp³-hybridized carbons (Fsp3) is 0.562. The summed E-state index contributed by atoms with van der Waals surface area (Å²) in [7, 11) is 5.19. The molecule has 2 aliphatic rings. The molecule has 1 aromatic carbocycles. The molecule has 2 amide bonds. The number of fused-ring (bicyclic) bond motifs is 1. The van der Waals surface area contributed by atoms with Crippen molar-refractivity contribution in [2.75, 3.05) is 45.9 Å². The van der Waals surface area contributed by atoms with Crippen LogP contribution in [0.4, 0.5) is 10.5 Å². The summed E-state index contributed by atoms with van der Waals surface area (Å²) in [6.45, 7) is 2.94. The largest absolute Gasteiger partial charge is 0.495 e. The lowest BCUT2D eigenvalue weighted by molar-refractivity contribution is 0.171. The number of anilines is 1. The lowest BCUT2D eigenvalue weighted by atomic mass is 10.0. The van der Waals surface area contributed by atoms with Crippen LogP contribution in [0.25, 0.3) is 0 Å². The molecule has 6 nitrogen and oxygen atoms in total. The van der Waals surface area contributed by atoms with Crippen molar-refractivity contribution >= 4 is 11.7 Å². The first-order valence-corrected chi connectivity index (χ1v) is 7.61. The SMILES string of the molecule is COCC1NCc2cc(OC)c(N3CCCN(C)C3=O)cc21. The maximum atomic E-state index is 12.5. The number of nitrogens with one attached hydrogen (secondary N) is 1. The lowest BCUT2D eigenvalue weighted by Gasteiger charge is -2.34. The number of ether oxygens (including phenoxy) is 2. The first-order valence-electron chi connectivity index (χ1n) is 7.61. The molecule has 1 atom stereocenters. The highest BCUT2D eigenvalue weighted by atomic mass is 16.5. The number of rotatable bonds is 4. The minimum atomic E-state index is 0.0266. The number of carbonyl (C=O) groups excluding carboxylic acids is 1. The molecule has 0 aromatic heterocycles. The zero-order valence-corrected chi connectivity index (χ0v) is 13.4. The fourth-order valence-corrected chi connectivity index (χ4v) is 3.22. The van der Waals surface area contributed by atoms with Crippen LogP contribution in [0.15, 0.2) is 12.1 Å². The summed E-state index contributed by atoms with van der Waals surface area (Å²) in [4.78, 5) is 16.0. The molecule has 120 valence electrons. The molecule has 22 heavy (non-hydrogen) atoms. The summed E-state index contributed by atoms with van der Waals surface area (Å²) in [5.41, 5.74) is 3.25. The van der Waals surface area contributed by atoms with Crippen LogP contribution in [0.1, 0.15) is 23.6 Å². The second kappa shape index (κ2) is 6.14. The van der Waals surface area contributed by atoms with Crippen LogP contribution in [-0.2, 0) is 11.3 Å². The fourth-order valence-electron chi connectivity index (χ4n) is 3.22. The molecule has 2 heterocycles. The van der Waals surface area contributed by atoms with E-state index in [9.17, 15) is 4.79 Å². The minimum absolute atomic E-state index is 0.0266. The van der Waals surface area contributed by atoms with Crippen molar-refractivity contribution in [3.8, 4) is 5.75 Å². The molecule has 0 spiro atoms. The van der Waals surface area contributed by atoms with Crippen LogP contribution >= 0.6 is 0 Å². The van der Waals surface area contributed by atoms with Gasteiger partial charge >= 0.3 is 6.03 Å². The van der Waals surface area contributed by atoms with Crippen LogP contribution in [0.2, 0.25) is 0 Å². The van der Waals surface area contributed by atoms with E-state index in [-0.39, 0.29) is 12.1 Å². The van der Waals surface area contributed by atoms with Crippen LogP contribution in [0, 0.1) is 0 Å². The Hall–Kier alpha value is -1.79. The van der Waals surface area contributed by atoms with Crippen molar-refractivity contribution in [2.24, 2.45) is 0 Å². The second-order valence-electron chi connectivity index (χ2n) is 5.82. The molecular formula is C16H23N3O3. The van der Waals surface area contributed by atoms with E-state index in [2.05, 4.69) is 11.4 Å². The minimum Gasteiger partial charge on any atom is -0.495 e. The average Bonchev–Trinajstić information content (AvgIpc) is 2.91. The van der Waals surface area contributed by atoms with Gasteiger partial charge in [0.2, 0.25) is 0 Å². The zero-order valence-electron chi connectivity index (χ0n) is 13.4. The predicted molar refractivity (Wildman–Crippen MR) is 84.4 cm³/mol. The second-order valence-corrected chi connectivity index (χ2v) is 5.82. The maximum Gasteiger partial charge on any atom is 0.324 e. The third kappa shape index (κ3) is 2.53. The molecule has 0 saturated carbocycles. The summed E-state index contributed by atoms with van der Waals surface area (Å²) in [5.74, 6) is 0.752. The van der Waals surface area contributed by atoms with Gasteiger partial charge in [0, 0.05) is 33.8 Å². The van der Waals surface area contributed by atoms with E-state index in [4.69, 9.17) is 9.47 Å². The number of urea groups is 1. The standard InChI is InChI=1S/C16H23N3O3/c1-18-5-4-6-19(16(18)20)14-8-12-11(7-15(14)22-3)9-17-13(12)10-21-2/h7-8,13,17H,4-6,9-10H2,1-3H3. The number of nitrogens with zero attached hydrogens (tertiary/aromatic N) is 2. The molecule has 0 bridgehead atoms. The Morgan fingerprint density at radius 1 is 1.32 bits per heavy atom. The van der Waals surface area contributed by atoms with Gasteiger partial charge in [0.05, 0.1) is 25.4 Å². The molecule has 1 fully saturated rings. The molecule has 0 radical (unpaired) electrons. The van der Waals surface area contributed by atoms with Crippen molar-refractivity contribution in [1.29, 1.82) is 0 Å². The number of hydrogen-bond acceptors (Lipinski definition) is 4. The Bertz CT molecular complexity index is 576. The van der Waals surface area contributed by atoms with Gasteiger partial charge in [-0.1, -0.05) is 0 Å². The van der Waals surface area contributed by atoms with Gasteiger partial charge < -0.3 is 19.7 Å². The van der Waals surface area contributed by atoms with Crippen LogP contribution in [0.5, 0.6) is 5.75 Å². The van der Waals surface area contributed by atoms with E-state index >= 15 is 0 Å². The highest BCUT2D eigenvalue weighted by Crippen LogP contribution is 2.38. The van der Waals surface area contributed by atoms with Crippen molar-refractivity contribution in [3.63, 3.8) is 0 Å². The van der Waals surface area contributed by atoms with E-state index in [0.29, 0.717) is 6.61 Å². The van der Waals surface area contributed by atoms with Crippen molar-refractivity contribution < 1.29 is 14.3 Å². The van der Waals surface area contributed by atoms with Gasteiger partial charge in [0.25, 0.3) is 0 Å². The third-order valence-electron chi connectivity index (χ3n) is 4.41. The quantitative estimate of drug-likeness (QED) is 0.921. The molecule has 1 aromatic rings. The summed E-state index contributed by atoms with van der Waals surface area (Å²) < 4.78 is 10.8. The molecule has 1 saturated heterocycles. The zero-order chi connectivity index (χ0) is 15.7. The Kier molecular flexibility index (Phi) is 4.22. The molecule has 3 rings (SSSR count). The highest BCUT2D eigenvalue weighted by molar-refractivity contribution is 5.94. The molecule has 1 unspecified atom stereocenters. The Balaban J connectivity index is 1.99. The predicted octanol–water partition coefficient (Wildman–Crippen LogP) is 1.75. The van der Waals surface area contributed by atoms with Crippen LogP contribution < -0.4 is 15.0 Å². The van der Waals surface area contributed by atoms with Gasteiger partial charge in [0.15, 0.2) is 0 Å². The normalized spacial score (nSPS) is 21.2. The number of benzene rings is 1. The average molecular weight is 305 g/mol. The van der Waals surface area contributed by atoms with Gasteiger partial charge in [-0.3, -0.25) is 4.90 Å². The van der Waals surface area contributed by atoms with E-state index in [1.54, 1.807) is 19.1 Å². The Morgan fingerprint density at radius 3 is 2.86 bits per heavy atom. The van der Waals surface area contributed by atoms with Gasteiger partial charge in [-0.25, -0.2) is 4.79 Å².